The van der Waals surface area contributed by atoms with Crippen molar-refractivity contribution in [2.45, 2.75) is 45.3 Å². The molecule has 2 aliphatic carbocycles. The minimum atomic E-state index is 0. The van der Waals surface area contributed by atoms with Crippen molar-refractivity contribution in [2.24, 2.45) is 16.7 Å². The van der Waals surface area contributed by atoms with E-state index in [0.29, 0.717) is 16.1 Å². The van der Waals surface area contributed by atoms with Gasteiger partial charge < -0.3 is 12.6 Å². The van der Waals surface area contributed by atoms with Crippen molar-refractivity contribution < 1.29 is 22.4 Å². The molecule has 0 aromatic carbocycles. The van der Waals surface area contributed by atoms with Crippen LogP contribution in [0.1, 0.15) is 40.0 Å². The van der Waals surface area contributed by atoms with Crippen molar-refractivity contribution in [3.63, 3.8) is 0 Å². The van der Waals surface area contributed by atoms with Gasteiger partial charge in [0.2, 0.25) is 0 Å². The fourth-order valence-electron chi connectivity index (χ4n) is 3.13. The first-order valence-electron chi connectivity index (χ1n) is 4.64. The van der Waals surface area contributed by atoms with E-state index in [0.717, 1.165) is 5.92 Å². The van der Waals surface area contributed by atoms with Gasteiger partial charge in [0.1, 0.15) is 0 Å². The monoisotopic (exact) mass is 366 g/mol. The van der Waals surface area contributed by atoms with Crippen LogP contribution in [0.2, 0.25) is 0 Å². The van der Waals surface area contributed by atoms with Gasteiger partial charge in [-0.1, -0.05) is 27.2 Å². The molecule has 2 rings (SSSR count). The van der Waals surface area contributed by atoms with Gasteiger partial charge in [0.05, 0.1) is 0 Å². The standard InChI is InChI=1S/C10H18S.Au/c1-9(2)7-4-5-10(9,3)8(11)6-7;/h7-8,11H,4-6H2,1-3H3;/q;+1/p-1. The molecular formula is C10H17AuS. The fraction of sp³-hybridized carbons (Fsp3) is 1.00. The van der Waals surface area contributed by atoms with E-state index in [1.165, 1.54) is 19.3 Å². The Bertz CT molecular complexity index is 190. The molecule has 0 heterocycles. The second-order valence-electron chi connectivity index (χ2n) is 5.10. The van der Waals surface area contributed by atoms with Gasteiger partial charge >= 0.3 is 22.4 Å². The van der Waals surface area contributed by atoms with Crippen LogP contribution >= 0.6 is 0 Å². The number of fused-ring (bicyclic) bond motifs is 2. The Kier molecular flexibility index (Phi) is 2.84. The maximum Gasteiger partial charge on any atom is 1.00 e. The molecule has 2 saturated carbocycles. The third kappa shape index (κ3) is 1.10. The average Bonchev–Trinajstić information content (AvgIpc) is 2.20. The molecule has 0 aliphatic heterocycles. The van der Waals surface area contributed by atoms with Crippen molar-refractivity contribution >= 4 is 12.6 Å². The third-order valence-corrected chi connectivity index (χ3v) is 5.43. The van der Waals surface area contributed by atoms with Gasteiger partial charge in [-0.2, -0.15) is 5.25 Å². The Hall–Kier alpha value is 1.09. The molecular weight excluding hydrogens is 349 g/mol. The number of hydrogen-bond acceptors (Lipinski definition) is 1. The smallest absolute Gasteiger partial charge is 0.789 e. The van der Waals surface area contributed by atoms with Crippen LogP contribution in [0.3, 0.4) is 0 Å². The van der Waals surface area contributed by atoms with E-state index in [9.17, 15) is 0 Å². The zero-order valence-corrected chi connectivity index (χ0v) is 11.0. The van der Waals surface area contributed by atoms with E-state index < -0.39 is 0 Å². The van der Waals surface area contributed by atoms with Gasteiger partial charge in [-0.3, -0.25) is 0 Å². The maximum atomic E-state index is 5.52. The molecule has 12 heavy (non-hydrogen) atoms. The van der Waals surface area contributed by atoms with Gasteiger partial charge in [0.15, 0.2) is 0 Å². The Labute approximate surface area is 96.8 Å². The SMILES string of the molecule is CC1(C)C2CCC1(C)C([S-])C2.[Au+]. The second kappa shape index (κ2) is 3.05. The molecule has 3 unspecified atom stereocenters. The Morgan fingerprint density at radius 2 is 1.83 bits per heavy atom. The van der Waals surface area contributed by atoms with E-state index in [2.05, 4.69) is 20.8 Å². The van der Waals surface area contributed by atoms with E-state index in [1.807, 2.05) is 0 Å². The van der Waals surface area contributed by atoms with E-state index in [1.54, 1.807) is 0 Å². The summed E-state index contributed by atoms with van der Waals surface area (Å²) in [5.74, 6) is 0.926. The zero-order valence-electron chi connectivity index (χ0n) is 7.99. The van der Waals surface area contributed by atoms with E-state index in [4.69, 9.17) is 12.6 Å². The largest absolute Gasteiger partial charge is 1.00 e. The minimum Gasteiger partial charge on any atom is -0.789 e. The van der Waals surface area contributed by atoms with Gasteiger partial charge in [-0.05, 0) is 29.6 Å². The molecule has 2 bridgehead atoms. The van der Waals surface area contributed by atoms with Crippen LogP contribution in [-0.2, 0) is 35.0 Å². The summed E-state index contributed by atoms with van der Waals surface area (Å²) in [5, 5.41) is 0.552. The summed E-state index contributed by atoms with van der Waals surface area (Å²) in [5.41, 5.74) is 1.01. The van der Waals surface area contributed by atoms with Crippen LogP contribution < -0.4 is 0 Å². The van der Waals surface area contributed by atoms with Gasteiger partial charge in [0.25, 0.3) is 0 Å². The van der Waals surface area contributed by atoms with Crippen LogP contribution in [0.5, 0.6) is 0 Å². The number of rotatable bonds is 0. The molecule has 2 fully saturated rings. The molecule has 0 amide bonds. The summed E-state index contributed by atoms with van der Waals surface area (Å²) in [6.07, 6.45) is 4.11. The van der Waals surface area contributed by atoms with Crippen molar-refractivity contribution in [3.8, 4) is 0 Å². The van der Waals surface area contributed by atoms with E-state index >= 15 is 0 Å². The molecule has 0 saturated heterocycles. The third-order valence-electron chi connectivity index (χ3n) is 4.71. The summed E-state index contributed by atoms with van der Waals surface area (Å²) in [4.78, 5) is 0. The molecule has 3 atom stereocenters. The predicted molar refractivity (Wildman–Crippen MR) is 50.4 cm³/mol. The normalized spacial score (nSPS) is 49.0. The van der Waals surface area contributed by atoms with Crippen LogP contribution in [-0.4, -0.2) is 5.25 Å². The first-order valence-corrected chi connectivity index (χ1v) is 5.11. The van der Waals surface area contributed by atoms with Crippen LogP contribution in [0.25, 0.3) is 0 Å². The topological polar surface area (TPSA) is 0 Å². The summed E-state index contributed by atoms with van der Waals surface area (Å²) in [6, 6.07) is 0. The minimum absolute atomic E-state index is 0. The Balaban J connectivity index is 0.000000720. The predicted octanol–water partition coefficient (Wildman–Crippen LogP) is 2.75. The molecule has 0 nitrogen and oxygen atoms in total. The van der Waals surface area contributed by atoms with Crippen LogP contribution in [0.4, 0.5) is 0 Å². The van der Waals surface area contributed by atoms with E-state index in [-0.39, 0.29) is 22.4 Å². The molecule has 0 N–H and O–H groups in total. The molecule has 0 aromatic heterocycles. The molecule has 74 valence electrons. The summed E-state index contributed by atoms with van der Waals surface area (Å²) in [6.45, 7) is 7.23. The molecule has 2 aliphatic rings. The van der Waals surface area contributed by atoms with Gasteiger partial charge in [-0.15, -0.1) is 0 Å². The number of hydrogen-bond donors (Lipinski definition) is 0. The Morgan fingerprint density at radius 1 is 1.25 bits per heavy atom. The Morgan fingerprint density at radius 3 is 2.00 bits per heavy atom. The molecule has 0 aromatic rings. The van der Waals surface area contributed by atoms with Crippen LogP contribution in [0.15, 0.2) is 0 Å². The molecule has 0 spiro atoms. The maximum absolute atomic E-state index is 5.52. The quantitative estimate of drug-likeness (QED) is 0.469. The first-order chi connectivity index (χ1) is 4.98. The average molecular weight is 366 g/mol. The van der Waals surface area contributed by atoms with Crippen molar-refractivity contribution in [2.75, 3.05) is 0 Å². The zero-order chi connectivity index (χ0) is 8.28. The van der Waals surface area contributed by atoms with Crippen molar-refractivity contribution in [1.82, 2.24) is 0 Å². The van der Waals surface area contributed by atoms with Crippen molar-refractivity contribution in [3.05, 3.63) is 0 Å². The first kappa shape index (κ1) is 11.2. The fourth-order valence-corrected chi connectivity index (χ4v) is 3.78. The van der Waals surface area contributed by atoms with Gasteiger partial charge in [0, 0.05) is 0 Å². The summed E-state index contributed by atoms with van der Waals surface area (Å²) < 4.78 is 0. The van der Waals surface area contributed by atoms with Crippen LogP contribution in [0, 0.1) is 16.7 Å². The molecule has 2 heteroatoms. The van der Waals surface area contributed by atoms with Gasteiger partial charge in [-0.25, -0.2) is 0 Å². The summed E-state index contributed by atoms with van der Waals surface area (Å²) >= 11 is 5.52. The second-order valence-corrected chi connectivity index (χ2v) is 5.67. The van der Waals surface area contributed by atoms with Crippen molar-refractivity contribution in [1.29, 1.82) is 0 Å². The molecule has 0 radical (unpaired) electrons. The summed E-state index contributed by atoms with van der Waals surface area (Å²) in [7, 11) is 0.